The SMILES string of the molecule is O=C(O)Oc1ccc(O)cc1-c1cccc2ccccc12. The van der Waals surface area contributed by atoms with Gasteiger partial charge in [0.05, 0.1) is 0 Å². The summed E-state index contributed by atoms with van der Waals surface area (Å²) in [6.07, 6.45) is -1.39. The van der Waals surface area contributed by atoms with E-state index < -0.39 is 6.16 Å². The third-order valence-electron chi connectivity index (χ3n) is 3.24. The normalized spacial score (nSPS) is 10.5. The Balaban J connectivity index is 2.27. The van der Waals surface area contributed by atoms with Crippen molar-refractivity contribution in [3.63, 3.8) is 0 Å². The Morgan fingerprint density at radius 3 is 2.48 bits per heavy atom. The van der Waals surface area contributed by atoms with Crippen LogP contribution in [0.3, 0.4) is 0 Å². The maximum atomic E-state index is 10.8. The van der Waals surface area contributed by atoms with Gasteiger partial charge in [0.25, 0.3) is 0 Å². The van der Waals surface area contributed by atoms with Crippen LogP contribution in [0, 0.1) is 0 Å². The van der Waals surface area contributed by atoms with E-state index in [1.165, 1.54) is 18.2 Å². The molecule has 4 heteroatoms. The first-order valence-corrected chi connectivity index (χ1v) is 6.37. The minimum atomic E-state index is -1.39. The lowest BCUT2D eigenvalue weighted by molar-refractivity contribution is 0.144. The summed E-state index contributed by atoms with van der Waals surface area (Å²) < 4.78 is 4.81. The molecule has 3 aromatic rings. The molecule has 0 aromatic heterocycles. The van der Waals surface area contributed by atoms with Crippen LogP contribution in [0.4, 0.5) is 4.79 Å². The Hall–Kier alpha value is -3.01. The zero-order valence-corrected chi connectivity index (χ0v) is 11.0. The number of carboxylic acid groups (broad SMARTS) is 1. The summed E-state index contributed by atoms with van der Waals surface area (Å²) in [5.74, 6) is 0.243. The summed E-state index contributed by atoms with van der Waals surface area (Å²) in [7, 11) is 0. The van der Waals surface area contributed by atoms with Crippen molar-refractivity contribution in [2.45, 2.75) is 0 Å². The fourth-order valence-corrected chi connectivity index (χ4v) is 2.37. The Labute approximate surface area is 120 Å². The largest absolute Gasteiger partial charge is 0.511 e. The lowest BCUT2D eigenvalue weighted by Gasteiger charge is -2.11. The van der Waals surface area contributed by atoms with E-state index in [0.717, 1.165) is 16.3 Å². The molecular formula is C17H12O4. The minimum absolute atomic E-state index is 0.0515. The molecule has 0 saturated heterocycles. The monoisotopic (exact) mass is 280 g/mol. The first-order chi connectivity index (χ1) is 10.1. The topological polar surface area (TPSA) is 66.8 Å². The smallest absolute Gasteiger partial charge is 0.508 e. The molecule has 104 valence electrons. The Morgan fingerprint density at radius 1 is 0.905 bits per heavy atom. The van der Waals surface area contributed by atoms with Crippen molar-refractivity contribution in [1.82, 2.24) is 0 Å². The van der Waals surface area contributed by atoms with Crippen molar-refractivity contribution in [3.8, 4) is 22.6 Å². The lowest BCUT2D eigenvalue weighted by Crippen LogP contribution is -2.04. The number of fused-ring (bicyclic) bond motifs is 1. The van der Waals surface area contributed by atoms with E-state index in [-0.39, 0.29) is 11.5 Å². The van der Waals surface area contributed by atoms with Crippen molar-refractivity contribution in [1.29, 1.82) is 0 Å². The second-order valence-electron chi connectivity index (χ2n) is 4.58. The van der Waals surface area contributed by atoms with Crippen molar-refractivity contribution in [2.75, 3.05) is 0 Å². The first-order valence-electron chi connectivity index (χ1n) is 6.37. The number of rotatable bonds is 2. The van der Waals surface area contributed by atoms with Gasteiger partial charge in [-0.25, -0.2) is 4.79 Å². The van der Waals surface area contributed by atoms with Gasteiger partial charge in [0.15, 0.2) is 0 Å². The quantitative estimate of drug-likeness (QED) is 0.543. The van der Waals surface area contributed by atoms with Crippen LogP contribution in [0.15, 0.2) is 60.7 Å². The Kier molecular flexibility index (Phi) is 3.20. The molecule has 0 saturated carbocycles. The summed E-state index contributed by atoms with van der Waals surface area (Å²) >= 11 is 0. The molecule has 0 amide bonds. The summed E-state index contributed by atoms with van der Waals surface area (Å²) in [6.45, 7) is 0. The van der Waals surface area contributed by atoms with E-state index >= 15 is 0 Å². The van der Waals surface area contributed by atoms with Gasteiger partial charge >= 0.3 is 6.16 Å². The standard InChI is InChI=1S/C17H12O4/c18-12-8-9-16(21-17(19)20)15(10-12)14-7-3-5-11-4-1-2-6-13(11)14/h1-10,18H,(H,19,20). The van der Waals surface area contributed by atoms with E-state index in [1.807, 2.05) is 42.5 Å². The molecule has 0 fully saturated rings. The molecule has 0 heterocycles. The van der Waals surface area contributed by atoms with Crippen LogP contribution >= 0.6 is 0 Å². The van der Waals surface area contributed by atoms with E-state index in [4.69, 9.17) is 9.84 Å². The highest BCUT2D eigenvalue weighted by atomic mass is 16.7. The van der Waals surface area contributed by atoms with Crippen molar-refractivity contribution in [2.24, 2.45) is 0 Å². The molecule has 3 aromatic carbocycles. The zero-order valence-electron chi connectivity index (χ0n) is 11.0. The van der Waals surface area contributed by atoms with Crippen LogP contribution in [0.5, 0.6) is 11.5 Å². The van der Waals surface area contributed by atoms with E-state index in [2.05, 4.69) is 0 Å². The predicted octanol–water partition coefficient (Wildman–Crippen LogP) is 4.27. The van der Waals surface area contributed by atoms with Crippen LogP contribution in [0.2, 0.25) is 0 Å². The molecule has 21 heavy (non-hydrogen) atoms. The highest BCUT2D eigenvalue weighted by Crippen LogP contribution is 2.37. The van der Waals surface area contributed by atoms with Gasteiger partial charge in [-0.15, -0.1) is 0 Å². The molecule has 0 aliphatic carbocycles. The van der Waals surface area contributed by atoms with Gasteiger partial charge in [0.1, 0.15) is 11.5 Å². The Bertz CT molecular complexity index is 819. The second kappa shape index (κ2) is 5.17. The fraction of sp³-hybridized carbons (Fsp3) is 0. The van der Waals surface area contributed by atoms with Gasteiger partial charge in [0.2, 0.25) is 0 Å². The predicted molar refractivity (Wildman–Crippen MR) is 79.7 cm³/mol. The number of hydrogen-bond acceptors (Lipinski definition) is 3. The van der Waals surface area contributed by atoms with Gasteiger partial charge in [0, 0.05) is 5.56 Å². The number of phenols is 1. The average Bonchev–Trinajstić information content (AvgIpc) is 2.48. The van der Waals surface area contributed by atoms with Gasteiger partial charge in [-0.1, -0.05) is 42.5 Å². The molecule has 0 atom stereocenters. The van der Waals surface area contributed by atoms with Crippen LogP contribution in [0.1, 0.15) is 0 Å². The van der Waals surface area contributed by atoms with Crippen molar-refractivity contribution >= 4 is 16.9 Å². The molecule has 0 bridgehead atoms. The Morgan fingerprint density at radius 2 is 1.67 bits per heavy atom. The van der Waals surface area contributed by atoms with E-state index in [0.29, 0.717) is 5.56 Å². The molecular weight excluding hydrogens is 268 g/mol. The zero-order chi connectivity index (χ0) is 14.8. The highest BCUT2D eigenvalue weighted by molar-refractivity contribution is 5.98. The van der Waals surface area contributed by atoms with Crippen LogP contribution in [0.25, 0.3) is 21.9 Å². The maximum absolute atomic E-state index is 10.8. The summed E-state index contributed by atoms with van der Waals surface area (Å²) in [5, 5.41) is 20.5. The summed E-state index contributed by atoms with van der Waals surface area (Å²) in [6, 6.07) is 17.8. The lowest BCUT2D eigenvalue weighted by atomic mass is 9.97. The molecule has 0 radical (unpaired) electrons. The molecule has 0 aliphatic rings. The minimum Gasteiger partial charge on any atom is -0.508 e. The number of carbonyl (C=O) groups is 1. The molecule has 4 nitrogen and oxygen atoms in total. The van der Waals surface area contributed by atoms with Gasteiger partial charge < -0.3 is 14.9 Å². The summed E-state index contributed by atoms with van der Waals surface area (Å²) in [4.78, 5) is 10.8. The third kappa shape index (κ3) is 2.51. The average molecular weight is 280 g/mol. The van der Waals surface area contributed by atoms with Crippen molar-refractivity contribution < 1.29 is 19.7 Å². The molecule has 0 aliphatic heterocycles. The van der Waals surface area contributed by atoms with Crippen molar-refractivity contribution in [3.05, 3.63) is 60.7 Å². The number of aromatic hydroxyl groups is 1. The highest BCUT2D eigenvalue weighted by Gasteiger charge is 2.13. The van der Waals surface area contributed by atoms with Gasteiger partial charge in [-0.2, -0.15) is 0 Å². The first kappa shape index (κ1) is 13.0. The van der Waals surface area contributed by atoms with Crippen LogP contribution < -0.4 is 4.74 Å². The number of hydrogen-bond donors (Lipinski definition) is 2. The van der Waals surface area contributed by atoms with Crippen LogP contribution in [-0.2, 0) is 0 Å². The fourth-order valence-electron chi connectivity index (χ4n) is 2.37. The second-order valence-corrected chi connectivity index (χ2v) is 4.58. The number of benzene rings is 3. The van der Waals surface area contributed by atoms with Gasteiger partial charge in [-0.05, 0) is 34.5 Å². The number of phenolic OH excluding ortho intramolecular Hbond substituents is 1. The molecule has 0 spiro atoms. The van der Waals surface area contributed by atoms with E-state index in [9.17, 15) is 9.90 Å². The number of ether oxygens (including phenoxy) is 1. The van der Waals surface area contributed by atoms with E-state index in [1.54, 1.807) is 0 Å². The third-order valence-corrected chi connectivity index (χ3v) is 3.24. The molecule has 3 rings (SSSR count). The molecule has 2 N–H and O–H groups in total. The molecule has 0 unspecified atom stereocenters. The van der Waals surface area contributed by atoms with Gasteiger partial charge in [-0.3, -0.25) is 0 Å². The summed E-state index contributed by atoms with van der Waals surface area (Å²) in [5.41, 5.74) is 1.34. The van der Waals surface area contributed by atoms with Crippen LogP contribution in [-0.4, -0.2) is 16.4 Å². The maximum Gasteiger partial charge on any atom is 0.511 e.